The lowest BCUT2D eigenvalue weighted by molar-refractivity contribution is 0.176. The molecule has 0 spiro atoms. The first-order valence-corrected chi connectivity index (χ1v) is 6.52. The number of para-hydroxylation sites is 1. The number of rotatable bonds is 4. The van der Waals surface area contributed by atoms with Gasteiger partial charge < -0.3 is 0 Å². The Labute approximate surface area is 107 Å². The third-order valence-corrected chi connectivity index (χ3v) is 3.47. The molecule has 0 saturated heterocycles. The van der Waals surface area contributed by atoms with Crippen LogP contribution in [0.15, 0.2) is 34.2 Å². The average molecular weight is 270 g/mol. The molecule has 96 valence electrons. The van der Waals surface area contributed by atoms with E-state index in [2.05, 4.69) is 4.98 Å². The summed E-state index contributed by atoms with van der Waals surface area (Å²) in [7, 11) is 0. The highest BCUT2D eigenvalue weighted by molar-refractivity contribution is 7.99. The summed E-state index contributed by atoms with van der Waals surface area (Å²) in [6, 6.07) is 6.94. The van der Waals surface area contributed by atoms with Crippen molar-refractivity contribution in [2.24, 2.45) is 0 Å². The van der Waals surface area contributed by atoms with Crippen molar-refractivity contribution >= 4 is 22.7 Å². The van der Waals surface area contributed by atoms with Gasteiger partial charge in [0, 0.05) is 6.54 Å². The van der Waals surface area contributed by atoms with Crippen molar-refractivity contribution in [3.05, 3.63) is 34.6 Å². The summed E-state index contributed by atoms with van der Waals surface area (Å²) in [5.41, 5.74) is 0.365. The number of thioether (sulfide) groups is 1. The van der Waals surface area contributed by atoms with Crippen LogP contribution in [0.1, 0.15) is 6.92 Å². The molecule has 1 aromatic carbocycles. The van der Waals surface area contributed by atoms with Gasteiger partial charge in [-0.05, 0) is 19.1 Å². The molecule has 3 nitrogen and oxygen atoms in total. The van der Waals surface area contributed by atoms with Crippen molar-refractivity contribution in [1.29, 1.82) is 0 Å². The zero-order chi connectivity index (χ0) is 13.1. The van der Waals surface area contributed by atoms with Crippen molar-refractivity contribution in [2.45, 2.75) is 25.1 Å². The van der Waals surface area contributed by atoms with Gasteiger partial charge in [-0.2, -0.15) is 0 Å². The van der Waals surface area contributed by atoms with Crippen LogP contribution in [0.5, 0.6) is 0 Å². The molecule has 6 heteroatoms. The lowest BCUT2D eigenvalue weighted by Gasteiger charge is -2.10. The molecular weight excluding hydrogens is 258 g/mol. The van der Waals surface area contributed by atoms with Crippen LogP contribution in [0.3, 0.4) is 0 Å². The van der Waals surface area contributed by atoms with Crippen molar-refractivity contribution in [1.82, 2.24) is 9.55 Å². The molecule has 2 aromatic rings. The molecule has 0 amide bonds. The number of benzene rings is 1. The number of halogens is 2. The summed E-state index contributed by atoms with van der Waals surface area (Å²) in [4.78, 5) is 16.4. The number of nitrogens with zero attached hydrogens (tertiary/aromatic N) is 2. The molecule has 0 aliphatic rings. The van der Waals surface area contributed by atoms with E-state index in [-0.39, 0.29) is 11.3 Å². The first-order valence-electron chi connectivity index (χ1n) is 5.54. The lowest BCUT2D eigenvalue weighted by atomic mass is 10.2. The van der Waals surface area contributed by atoms with E-state index >= 15 is 0 Å². The van der Waals surface area contributed by atoms with Crippen LogP contribution in [-0.4, -0.2) is 21.7 Å². The Bertz CT molecular complexity index is 613. The maximum Gasteiger partial charge on any atom is 0.262 e. The van der Waals surface area contributed by atoms with E-state index in [9.17, 15) is 13.6 Å². The van der Waals surface area contributed by atoms with Crippen molar-refractivity contribution in [2.75, 3.05) is 5.75 Å². The molecule has 0 bridgehead atoms. The number of alkyl halides is 2. The molecule has 0 saturated carbocycles. The van der Waals surface area contributed by atoms with Crippen molar-refractivity contribution in [3.8, 4) is 0 Å². The predicted molar refractivity (Wildman–Crippen MR) is 68.4 cm³/mol. The van der Waals surface area contributed by atoms with Crippen molar-refractivity contribution in [3.63, 3.8) is 0 Å². The van der Waals surface area contributed by atoms with E-state index in [0.717, 1.165) is 11.8 Å². The molecule has 0 aliphatic heterocycles. The molecule has 1 aromatic heterocycles. The molecular formula is C12H12F2N2OS. The quantitative estimate of drug-likeness (QED) is 0.633. The Morgan fingerprint density at radius 2 is 2.11 bits per heavy atom. The summed E-state index contributed by atoms with van der Waals surface area (Å²) in [6.45, 7) is 2.21. The lowest BCUT2D eigenvalue weighted by Crippen LogP contribution is -2.22. The predicted octanol–water partition coefficient (Wildman–Crippen LogP) is 2.77. The number of hydrogen-bond donors (Lipinski definition) is 0. The van der Waals surface area contributed by atoms with Gasteiger partial charge in [-0.1, -0.05) is 23.9 Å². The van der Waals surface area contributed by atoms with Gasteiger partial charge in [0.05, 0.1) is 16.7 Å². The summed E-state index contributed by atoms with van der Waals surface area (Å²) in [5, 5.41) is 0.863. The maximum absolute atomic E-state index is 12.2. The van der Waals surface area contributed by atoms with Gasteiger partial charge in [0.15, 0.2) is 5.16 Å². The van der Waals surface area contributed by atoms with Crippen LogP contribution < -0.4 is 5.56 Å². The van der Waals surface area contributed by atoms with E-state index in [1.165, 1.54) is 4.57 Å². The number of aromatic nitrogens is 2. The smallest absolute Gasteiger partial charge is 0.262 e. The van der Waals surface area contributed by atoms with Crippen LogP contribution in [-0.2, 0) is 6.54 Å². The van der Waals surface area contributed by atoms with Crippen LogP contribution in [0.25, 0.3) is 10.9 Å². The van der Waals surface area contributed by atoms with Gasteiger partial charge >= 0.3 is 0 Å². The SMILES string of the molecule is CCn1c(SCC(F)F)nc2ccccc2c1=O. The van der Waals surface area contributed by atoms with Crippen LogP contribution in [0.2, 0.25) is 0 Å². The second-order valence-electron chi connectivity index (χ2n) is 3.66. The van der Waals surface area contributed by atoms with Gasteiger partial charge in [-0.25, -0.2) is 13.8 Å². The molecule has 1 heterocycles. The van der Waals surface area contributed by atoms with Gasteiger partial charge in [0.2, 0.25) is 6.43 Å². The zero-order valence-electron chi connectivity index (χ0n) is 9.77. The van der Waals surface area contributed by atoms with Crippen LogP contribution in [0, 0.1) is 0 Å². The van der Waals surface area contributed by atoms with E-state index in [0.29, 0.717) is 22.6 Å². The normalized spacial score (nSPS) is 11.3. The van der Waals surface area contributed by atoms with Gasteiger partial charge in [-0.15, -0.1) is 0 Å². The van der Waals surface area contributed by atoms with Crippen molar-refractivity contribution < 1.29 is 8.78 Å². The van der Waals surface area contributed by atoms with Crippen LogP contribution in [0.4, 0.5) is 8.78 Å². The van der Waals surface area contributed by atoms with Crippen LogP contribution >= 0.6 is 11.8 Å². The third kappa shape index (κ3) is 2.53. The first kappa shape index (κ1) is 13.0. The number of fused-ring (bicyclic) bond motifs is 1. The van der Waals surface area contributed by atoms with E-state index < -0.39 is 6.43 Å². The Morgan fingerprint density at radius 3 is 2.78 bits per heavy atom. The minimum atomic E-state index is -2.41. The highest BCUT2D eigenvalue weighted by Gasteiger charge is 2.12. The molecule has 0 N–H and O–H groups in total. The number of hydrogen-bond acceptors (Lipinski definition) is 3. The molecule has 0 atom stereocenters. The largest absolute Gasteiger partial charge is 0.287 e. The summed E-state index contributed by atoms with van der Waals surface area (Å²) in [6.07, 6.45) is -2.41. The summed E-state index contributed by atoms with van der Waals surface area (Å²) in [5.74, 6) is -0.356. The maximum atomic E-state index is 12.2. The molecule has 0 aliphatic carbocycles. The molecule has 0 unspecified atom stereocenters. The van der Waals surface area contributed by atoms with Gasteiger partial charge in [0.25, 0.3) is 5.56 Å². The highest BCUT2D eigenvalue weighted by Crippen LogP contribution is 2.19. The molecule has 0 fully saturated rings. The first-order chi connectivity index (χ1) is 8.63. The standard InChI is InChI=1S/C12H12F2N2OS/c1-2-16-11(17)8-5-3-4-6-9(8)15-12(16)18-7-10(13)14/h3-6,10H,2,7H2,1H3. The second kappa shape index (κ2) is 5.48. The highest BCUT2D eigenvalue weighted by atomic mass is 32.2. The van der Waals surface area contributed by atoms with E-state index in [1.54, 1.807) is 31.2 Å². The Kier molecular flexibility index (Phi) is 3.96. The minimum Gasteiger partial charge on any atom is -0.287 e. The summed E-state index contributed by atoms with van der Waals surface area (Å²) < 4.78 is 25.9. The molecule has 0 radical (unpaired) electrons. The van der Waals surface area contributed by atoms with Gasteiger partial charge in [0.1, 0.15) is 0 Å². The average Bonchev–Trinajstić information content (AvgIpc) is 2.36. The fourth-order valence-corrected chi connectivity index (χ4v) is 2.48. The molecule has 18 heavy (non-hydrogen) atoms. The fraction of sp³-hybridized carbons (Fsp3) is 0.333. The monoisotopic (exact) mass is 270 g/mol. The minimum absolute atomic E-state index is 0.181. The van der Waals surface area contributed by atoms with Gasteiger partial charge in [-0.3, -0.25) is 9.36 Å². The Morgan fingerprint density at radius 1 is 1.39 bits per heavy atom. The fourth-order valence-electron chi connectivity index (χ4n) is 1.67. The zero-order valence-corrected chi connectivity index (χ0v) is 10.6. The third-order valence-electron chi connectivity index (χ3n) is 2.48. The molecule has 2 rings (SSSR count). The Balaban J connectivity index is 2.54. The van der Waals surface area contributed by atoms with E-state index in [4.69, 9.17) is 0 Å². The summed E-state index contributed by atoms with van der Waals surface area (Å²) >= 11 is 0.911. The second-order valence-corrected chi connectivity index (χ2v) is 4.65. The van der Waals surface area contributed by atoms with E-state index in [1.807, 2.05) is 0 Å². The Hall–Kier alpha value is -1.43. The topological polar surface area (TPSA) is 34.9 Å².